The smallest absolute Gasteiger partial charge is 0.259 e. The predicted octanol–water partition coefficient (Wildman–Crippen LogP) is 0.167. The Balaban J connectivity index is 0. The summed E-state index contributed by atoms with van der Waals surface area (Å²) < 4.78 is 0. The van der Waals surface area contributed by atoms with Crippen molar-refractivity contribution in [3.63, 3.8) is 0 Å². The van der Waals surface area contributed by atoms with Gasteiger partial charge >= 0.3 is 0 Å². The Labute approximate surface area is 73.0 Å². The van der Waals surface area contributed by atoms with Crippen LogP contribution in [0.3, 0.4) is 0 Å². The first kappa shape index (κ1) is 13.3. The highest BCUT2D eigenvalue weighted by Gasteiger charge is 2.07. The van der Waals surface area contributed by atoms with Crippen molar-refractivity contribution in [2.75, 3.05) is 19.7 Å². The Hall–Kier alpha value is -0.320. The van der Waals surface area contributed by atoms with Crippen LogP contribution in [0.4, 0.5) is 0 Å². The molecule has 0 radical (unpaired) electrons. The first-order chi connectivity index (χ1) is 4.76. The van der Waals surface area contributed by atoms with Crippen LogP contribution in [0, 0.1) is 0 Å². The second-order valence-corrected chi connectivity index (χ2v) is 1.71. The third-order valence-corrected chi connectivity index (χ3v) is 1.02. The van der Waals surface area contributed by atoms with Crippen LogP contribution < -0.4 is 5.73 Å². The molecule has 0 unspecified atom stereocenters. The molecule has 0 spiro atoms. The van der Waals surface area contributed by atoms with Crippen LogP contribution in [0.5, 0.6) is 0 Å². The summed E-state index contributed by atoms with van der Waals surface area (Å²) in [4.78, 5) is 15.8. The van der Waals surface area contributed by atoms with Gasteiger partial charge in [-0.2, -0.15) is 0 Å². The molecule has 11 heavy (non-hydrogen) atoms. The molecule has 5 heteroatoms. The lowest BCUT2D eigenvalue weighted by atomic mass is 10.5. The molecule has 0 aliphatic carbocycles. The maximum Gasteiger partial charge on any atom is 0.259 e. The fourth-order valence-corrected chi connectivity index (χ4v) is 0.597. The van der Waals surface area contributed by atoms with Crippen molar-refractivity contribution in [1.29, 1.82) is 0 Å². The van der Waals surface area contributed by atoms with E-state index in [9.17, 15) is 4.79 Å². The average molecular weight is 183 g/mol. The van der Waals surface area contributed by atoms with Gasteiger partial charge in [0.1, 0.15) is 0 Å². The highest BCUT2D eigenvalue weighted by molar-refractivity contribution is 5.85. The van der Waals surface area contributed by atoms with Crippen molar-refractivity contribution >= 4 is 18.3 Å². The molecule has 0 aromatic carbocycles. The van der Waals surface area contributed by atoms with Gasteiger partial charge in [-0.1, -0.05) is 0 Å². The molecular formula is C6H15ClN2O2. The maximum atomic E-state index is 10.8. The van der Waals surface area contributed by atoms with Crippen molar-refractivity contribution in [2.45, 2.75) is 13.8 Å². The highest BCUT2D eigenvalue weighted by atomic mass is 35.5. The van der Waals surface area contributed by atoms with Crippen LogP contribution in [0.15, 0.2) is 0 Å². The minimum absolute atomic E-state index is 0. The van der Waals surface area contributed by atoms with Crippen molar-refractivity contribution in [3.8, 4) is 0 Å². The summed E-state index contributed by atoms with van der Waals surface area (Å²) in [7, 11) is 0. The monoisotopic (exact) mass is 182 g/mol. The lowest BCUT2D eigenvalue weighted by molar-refractivity contribution is -0.181. The van der Waals surface area contributed by atoms with Gasteiger partial charge in [-0.05, 0) is 13.8 Å². The summed E-state index contributed by atoms with van der Waals surface area (Å²) in [6, 6.07) is 0. The zero-order chi connectivity index (χ0) is 7.98. The van der Waals surface area contributed by atoms with E-state index in [0.717, 1.165) is 0 Å². The normalized spacial score (nSPS) is 8.64. The number of likely N-dealkylation sites (N-methyl/N-ethyl adjacent to an activating group) is 1. The van der Waals surface area contributed by atoms with Crippen LogP contribution in [-0.4, -0.2) is 30.7 Å². The van der Waals surface area contributed by atoms with Crippen LogP contribution in [0.2, 0.25) is 0 Å². The number of halogens is 1. The minimum Gasteiger partial charge on any atom is -0.322 e. The van der Waals surface area contributed by atoms with E-state index in [2.05, 4.69) is 0 Å². The van der Waals surface area contributed by atoms with Gasteiger partial charge in [0, 0.05) is 6.54 Å². The molecule has 2 N–H and O–H groups in total. The standard InChI is InChI=1S/C6H14N2O2.ClH/c1-3-8(10-4-2)6(9)5-7;/h3-5,7H2,1-2H3;1H. The quantitative estimate of drug-likeness (QED) is 0.631. The first-order valence-corrected chi connectivity index (χ1v) is 3.39. The third kappa shape index (κ3) is 5.01. The number of hydrogen-bond acceptors (Lipinski definition) is 3. The van der Waals surface area contributed by atoms with Gasteiger partial charge in [0.25, 0.3) is 5.91 Å². The van der Waals surface area contributed by atoms with Gasteiger partial charge in [0.15, 0.2) is 0 Å². The maximum absolute atomic E-state index is 10.8. The number of nitrogens with two attached hydrogens (primary N) is 1. The summed E-state index contributed by atoms with van der Waals surface area (Å²) in [5.41, 5.74) is 5.11. The molecular weight excluding hydrogens is 168 g/mol. The second-order valence-electron chi connectivity index (χ2n) is 1.71. The molecule has 0 atom stereocenters. The van der Waals surface area contributed by atoms with Gasteiger partial charge in [0.2, 0.25) is 0 Å². The van der Waals surface area contributed by atoms with E-state index in [1.807, 2.05) is 13.8 Å². The molecule has 0 fully saturated rings. The fraction of sp³-hybridized carbons (Fsp3) is 0.833. The van der Waals surface area contributed by atoms with Crippen molar-refractivity contribution < 1.29 is 9.63 Å². The van der Waals surface area contributed by atoms with Gasteiger partial charge < -0.3 is 5.73 Å². The Morgan fingerprint density at radius 1 is 1.55 bits per heavy atom. The first-order valence-electron chi connectivity index (χ1n) is 3.39. The Kier molecular flexibility index (Phi) is 9.40. The summed E-state index contributed by atoms with van der Waals surface area (Å²) in [6.07, 6.45) is 0. The van der Waals surface area contributed by atoms with Gasteiger partial charge in [-0.3, -0.25) is 9.63 Å². The molecule has 4 nitrogen and oxygen atoms in total. The molecule has 0 bridgehead atoms. The lowest BCUT2D eigenvalue weighted by Crippen LogP contribution is -2.35. The van der Waals surface area contributed by atoms with E-state index in [0.29, 0.717) is 13.2 Å². The Bertz CT molecular complexity index is 111. The summed E-state index contributed by atoms with van der Waals surface area (Å²) in [5.74, 6) is -0.177. The van der Waals surface area contributed by atoms with Crippen LogP contribution in [-0.2, 0) is 9.63 Å². The topological polar surface area (TPSA) is 55.6 Å². The third-order valence-electron chi connectivity index (χ3n) is 1.02. The molecule has 68 valence electrons. The van der Waals surface area contributed by atoms with E-state index in [1.54, 1.807) is 0 Å². The van der Waals surface area contributed by atoms with Crippen molar-refractivity contribution in [2.24, 2.45) is 5.73 Å². The van der Waals surface area contributed by atoms with E-state index < -0.39 is 0 Å². The average Bonchev–Trinajstić information content (AvgIpc) is 1.99. The molecule has 0 rings (SSSR count). The molecule has 0 aliphatic heterocycles. The van der Waals surface area contributed by atoms with E-state index in [4.69, 9.17) is 10.6 Å². The van der Waals surface area contributed by atoms with Crippen molar-refractivity contribution in [1.82, 2.24) is 5.06 Å². The number of hydroxylamine groups is 2. The molecule has 0 aliphatic rings. The van der Waals surface area contributed by atoms with Gasteiger partial charge in [-0.25, -0.2) is 5.06 Å². The molecule has 0 aromatic heterocycles. The van der Waals surface area contributed by atoms with Crippen LogP contribution in [0.25, 0.3) is 0 Å². The number of amides is 1. The molecule has 0 heterocycles. The zero-order valence-corrected chi connectivity index (χ0v) is 7.69. The van der Waals surface area contributed by atoms with Crippen LogP contribution in [0.1, 0.15) is 13.8 Å². The number of carbonyl (C=O) groups is 1. The van der Waals surface area contributed by atoms with E-state index >= 15 is 0 Å². The number of carbonyl (C=O) groups excluding carboxylic acids is 1. The molecule has 0 aromatic rings. The molecule has 1 amide bonds. The van der Waals surface area contributed by atoms with Crippen LogP contribution >= 0.6 is 12.4 Å². The summed E-state index contributed by atoms with van der Waals surface area (Å²) in [6.45, 7) is 4.72. The number of rotatable bonds is 4. The summed E-state index contributed by atoms with van der Waals surface area (Å²) in [5, 5.41) is 1.26. The summed E-state index contributed by atoms with van der Waals surface area (Å²) >= 11 is 0. The zero-order valence-electron chi connectivity index (χ0n) is 6.87. The SMILES string of the molecule is CCON(CC)C(=O)CN.Cl. The fourth-order valence-electron chi connectivity index (χ4n) is 0.597. The van der Waals surface area contributed by atoms with E-state index in [1.165, 1.54) is 5.06 Å². The lowest BCUT2D eigenvalue weighted by Gasteiger charge is -2.17. The Morgan fingerprint density at radius 2 is 2.09 bits per heavy atom. The predicted molar refractivity (Wildman–Crippen MR) is 45.3 cm³/mol. The number of nitrogens with zero attached hydrogens (tertiary/aromatic N) is 1. The van der Waals surface area contributed by atoms with Gasteiger partial charge in [0.05, 0.1) is 13.2 Å². The van der Waals surface area contributed by atoms with E-state index in [-0.39, 0.29) is 24.9 Å². The molecule has 0 saturated heterocycles. The molecule has 0 saturated carbocycles. The minimum atomic E-state index is -0.177. The highest BCUT2D eigenvalue weighted by Crippen LogP contribution is 1.88. The largest absolute Gasteiger partial charge is 0.322 e. The number of hydrogen-bond donors (Lipinski definition) is 1. The Morgan fingerprint density at radius 3 is 2.36 bits per heavy atom. The van der Waals surface area contributed by atoms with Gasteiger partial charge in [-0.15, -0.1) is 12.4 Å². The second kappa shape index (κ2) is 7.78. The van der Waals surface area contributed by atoms with Crippen molar-refractivity contribution in [3.05, 3.63) is 0 Å².